The lowest BCUT2D eigenvalue weighted by atomic mass is 10.1. The van der Waals surface area contributed by atoms with Crippen LogP contribution in [0.15, 0.2) is 35.1 Å². The first kappa shape index (κ1) is 12.4. The maximum atomic E-state index is 5.52. The Morgan fingerprint density at radius 1 is 1.32 bits per heavy atom. The van der Waals surface area contributed by atoms with E-state index in [0.29, 0.717) is 6.04 Å². The highest BCUT2D eigenvalue weighted by molar-refractivity contribution is 5.23. The van der Waals surface area contributed by atoms with Crippen LogP contribution in [0.2, 0.25) is 0 Å². The van der Waals surface area contributed by atoms with Crippen molar-refractivity contribution in [3.05, 3.63) is 53.2 Å². The number of rotatable bonds is 6. The van der Waals surface area contributed by atoms with Crippen LogP contribution in [-0.2, 0) is 19.4 Å². The van der Waals surface area contributed by atoms with Gasteiger partial charge in [-0.25, -0.2) is 4.98 Å². The summed E-state index contributed by atoms with van der Waals surface area (Å²) in [7, 11) is 0. The molecule has 19 heavy (non-hydrogen) atoms. The molecule has 0 atom stereocenters. The molecule has 1 aliphatic rings. The van der Waals surface area contributed by atoms with Crippen molar-refractivity contribution in [3.8, 4) is 0 Å². The van der Waals surface area contributed by atoms with Gasteiger partial charge in [0, 0.05) is 19.0 Å². The second-order valence-electron chi connectivity index (χ2n) is 5.37. The molecule has 1 aliphatic carbocycles. The highest BCUT2D eigenvalue weighted by atomic mass is 16.3. The summed E-state index contributed by atoms with van der Waals surface area (Å²) in [5.41, 5.74) is 3.74. The smallest absolute Gasteiger partial charge is 0.181 e. The normalized spacial score (nSPS) is 14.8. The van der Waals surface area contributed by atoms with Crippen LogP contribution in [0.3, 0.4) is 0 Å². The van der Waals surface area contributed by atoms with Crippen LogP contribution in [0.1, 0.15) is 35.4 Å². The summed E-state index contributed by atoms with van der Waals surface area (Å²) < 4.78 is 5.52. The van der Waals surface area contributed by atoms with Crippen molar-refractivity contribution < 1.29 is 4.42 Å². The SMILES string of the molecule is Cc1cccc(CCc2ocnc2CNC2CC2)c1. The second kappa shape index (κ2) is 5.57. The molecule has 1 fully saturated rings. The average Bonchev–Trinajstić information content (AvgIpc) is 3.13. The fourth-order valence-corrected chi connectivity index (χ4v) is 2.30. The lowest BCUT2D eigenvalue weighted by Gasteiger charge is -2.04. The minimum Gasteiger partial charge on any atom is -0.448 e. The van der Waals surface area contributed by atoms with Gasteiger partial charge in [-0.1, -0.05) is 29.8 Å². The van der Waals surface area contributed by atoms with Gasteiger partial charge in [-0.15, -0.1) is 0 Å². The highest BCUT2D eigenvalue weighted by Crippen LogP contribution is 2.20. The zero-order valence-corrected chi connectivity index (χ0v) is 11.4. The maximum absolute atomic E-state index is 5.52. The Morgan fingerprint density at radius 2 is 2.21 bits per heavy atom. The van der Waals surface area contributed by atoms with E-state index in [2.05, 4.69) is 41.5 Å². The number of benzene rings is 1. The predicted molar refractivity (Wildman–Crippen MR) is 75.0 cm³/mol. The molecule has 0 unspecified atom stereocenters. The Kier molecular flexibility index (Phi) is 3.65. The van der Waals surface area contributed by atoms with Gasteiger partial charge in [0.05, 0.1) is 5.69 Å². The van der Waals surface area contributed by atoms with Gasteiger partial charge in [0.15, 0.2) is 6.39 Å². The third kappa shape index (κ3) is 3.44. The standard InChI is InChI=1S/C16H20N2O/c1-12-3-2-4-13(9-12)5-8-16-15(18-11-19-16)10-17-14-6-7-14/h2-4,9,11,14,17H,5-8,10H2,1H3. The minimum absolute atomic E-state index is 0.710. The molecule has 1 heterocycles. The van der Waals surface area contributed by atoms with Crippen molar-refractivity contribution in [3.63, 3.8) is 0 Å². The maximum Gasteiger partial charge on any atom is 0.181 e. The van der Waals surface area contributed by atoms with Gasteiger partial charge in [0.1, 0.15) is 5.76 Å². The van der Waals surface area contributed by atoms with E-state index in [4.69, 9.17) is 4.42 Å². The topological polar surface area (TPSA) is 38.1 Å². The molecule has 0 aliphatic heterocycles. The van der Waals surface area contributed by atoms with E-state index in [1.54, 1.807) is 6.39 Å². The molecule has 0 bridgehead atoms. The van der Waals surface area contributed by atoms with E-state index >= 15 is 0 Å². The van der Waals surface area contributed by atoms with Crippen LogP contribution in [0.5, 0.6) is 0 Å². The van der Waals surface area contributed by atoms with Gasteiger partial charge in [-0.2, -0.15) is 0 Å². The number of hydrogen-bond donors (Lipinski definition) is 1. The van der Waals surface area contributed by atoms with Crippen LogP contribution in [0, 0.1) is 6.92 Å². The van der Waals surface area contributed by atoms with Gasteiger partial charge in [0.2, 0.25) is 0 Å². The van der Waals surface area contributed by atoms with E-state index in [0.717, 1.165) is 30.8 Å². The molecule has 3 heteroatoms. The van der Waals surface area contributed by atoms with Crippen LogP contribution in [-0.4, -0.2) is 11.0 Å². The molecule has 1 N–H and O–H groups in total. The van der Waals surface area contributed by atoms with Crippen molar-refractivity contribution in [2.75, 3.05) is 0 Å². The fraction of sp³-hybridized carbons (Fsp3) is 0.438. The molecule has 100 valence electrons. The zero-order valence-electron chi connectivity index (χ0n) is 11.4. The summed E-state index contributed by atoms with van der Waals surface area (Å²) in [6.45, 7) is 2.97. The Labute approximate surface area is 114 Å². The first-order valence-electron chi connectivity index (χ1n) is 7.01. The number of nitrogens with one attached hydrogen (secondary N) is 1. The first-order chi connectivity index (χ1) is 9.31. The fourth-order valence-electron chi connectivity index (χ4n) is 2.30. The van der Waals surface area contributed by atoms with Crippen LogP contribution >= 0.6 is 0 Å². The molecular weight excluding hydrogens is 236 g/mol. The molecule has 1 aromatic carbocycles. The van der Waals surface area contributed by atoms with Crippen molar-refractivity contribution >= 4 is 0 Å². The minimum atomic E-state index is 0.710. The summed E-state index contributed by atoms with van der Waals surface area (Å²) in [5, 5.41) is 3.48. The van der Waals surface area contributed by atoms with Crippen molar-refractivity contribution in [2.24, 2.45) is 0 Å². The quantitative estimate of drug-likeness (QED) is 0.863. The van der Waals surface area contributed by atoms with Crippen molar-refractivity contribution in [1.82, 2.24) is 10.3 Å². The Hall–Kier alpha value is -1.61. The van der Waals surface area contributed by atoms with Gasteiger partial charge < -0.3 is 9.73 Å². The Bertz CT molecular complexity index is 543. The summed E-state index contributed by atoms with van der Waals surface area (Å²) >= 11 is 0. The summed E-state index contributed by atoms with van der Waals surface area (Å²) in [6.07, 6.45) is 6.10. The van der Waals surface area contributed by atoms with Gasteiger partial charge in [-0.3, -0.25) is 0 Å². The number of hydrogen-bond acceptors (Lipinski definition) is 3. The first-order valence-corrected chi connectivity index (χ1v) is 7.01. The van der Waals surface area contributed by atoms with E-state index in [1.807, 2.05) is 0 Å². The molecule has 0 amide bonds. The van der Waals surface area contributed by atoms with Crippen LogP contribution in [0.4, 0.5) is 0 Å². The molecule has 3 rings (SSSR count). The van der Waals surface area contributed by atoms with E-state index < -0.39 is 0 Å². The predicted octanol–water partition coefficient (Wildman–Crippen LogP) is 3.02. The van der Waals surface area contributed by atoms with E-state index in [9.17, 15) is 0 Å². The molecule has 0 spiro atoms. The Balaban J connectivity index is 1.58. The molecule has 2 aromatic rings. The zero-order chi connectivity index (χ0) is 13.1. The lowest BCUT2D eigenvalue weighted by Crippen LogP contribution is -2.16. The summed E-state index contributed by atoms with van der Waals surface area (Å²) in [5.74, 6) is 1.02. The highest BCUT2D eigenvalue weighted by Gasteiger charge is 2.21. The lowest BCUT2D eigenvalue weighted by molar-refractivity contribution is 0.497. The van der Waals surface area contributed by atoms with E-state index in [-0.39, 0.29) is 0 Å². The van der Waals surface area contributed by atoms with Crippen molar-refractivity contribution in [1.29, 1.82) is 0 Å². The molecular formula is C16H20N2O. The Morgan fingerprint density at radius 3 is 3.00 bits per heavy atom. The van der Waals surface area contributed by atoms with E-state index in [1.165, 1.54) is 24.0 Å². The summed E-state index contributed by atoms with van der Waals surface area (Å²) in [6, 6.07) is 9.36. The van der Waals surface area contributed by atoms with Crippen molar-refractivity contribution in [2.45, 2.75) is 45.2 Å². The molecule has 1 saturated carbocycles. The second-order valence-corrected chi connectivity index (χ2v) is 5.37. The van der Waals surface area contributed by atoms with Gasteiger partial charge >= 0.3 is 0 Å². The molecule has 0 radical (unpaired) electrons. The number of aromatic nitrogens is 1. The molecule has 0 saturated heterocycles. The number of oxazole rings is 1. The summed E-state index contributed by atoms with van der Waals surface area (Å²) in [4.78, 5) is 4.32. The molecule has 1 aromatic heterocycles. The van der Waals surface area contributed by atoms with Crippen LogP contribution in [0.25, 0.3) is 0 Å². The molecule has 3 nitrogen and oxygen atoms in total. The van der Waals surface area contributed by atoms with Crippen LogP contribution < -0.4 is 5.32 Å². The number of nitrogens with zero attached hydrogens (tertiary/aromatic N) is 1. The van der Waals surface area contributed by atoms with Gasteiger partial charge in [0.25, 0.3) is 0 Å². The average molecular weight is 256 g/mol. The third-order valence-corrected chi connectivity index (χ3v) is 3.58. The third-order valence-electron chi connectivity index (χ3n) is 3.58. The largest absolute Gasteiger partial charge is 0.448 e. The van der Waals surface area contributed by atoms with Gasteiger partial charge in [-0.05, 0) is 31.7 Å². The monoisotopic (exact) mass is 256 g/mol. The number of aryl methyl sites for hydroxylation is 3.